The monoisotopic (exact) mass is 438 g/mol. The Hall–Kier alpha value is -2.94. The van der Waals surface area contributed by atoms with Gasteiger partial charge in [-0.1, -0.05) is 24.3 Å². The minimum atomic E-state index is -0.0436. The highest BCUT2D eigenvalue weighted by molar-refractivity contribution is 5.82. The lowest BCUT2D eigenvalue weighted by atomic mass is 10.1. The topological polar surface area (TPSA) is 81.9 Å². The Morgan fingerprint density at radius 1 is 1.09 bits per heavy atom. The number of amides is 1. The summed E-state index contributed by atoms with van der Waals surface area (Å²) in [4.78, 5) is 27.8. The van der Waals surface area contributed by atoms with Gasteiger partial charge in [-0.3, -0.25) is 14.7 Å². The fourth-order valence-corrected chi connectivity index (χ4v) is 4.53. The van der Waals surface area contributed by atoms with E-state index in [1.165, 1.54) is 11.1 Å². The SMILES string of the molecule is CN=C(NCc1cccc(Cn2cncn2)c1)N1CCN(C(C)C(=O)N2CCCC2)CC1. The lowest BCUT2D eigenvalue weighted by Crippen LogP contribution is -2.57. The molecule has 2 aliphatic rings. The van der Waals surface area contributed by atoms with Crippen molar-refractivity contribution in [1.82, 2.24) is 34.8 Å². The number of nitrogens with zero attached hydrogens (tertiary/aromatic N) is 7. The van der Waals surface area contributed by atoms with Gasteiger partial charge in [0.05, 0.1) is 12.6 Å². The van der Waals surface area contributed by atoms with Crippen LogP contribution in [0.4, 0.5) is 0 Å². The van der Waals surface area contributed by atoms with Crippen molar-refractivity contribution in [3.8, 4) is 0 Å². The number of guanidine groups is 1. The highest BCUT2D eigenvalue weighted by Gasteiger charge is 2.30. The molecule has 0 bridgehead atoms. The average molecular weight is 439 g/mol. The summed E-state index contributed by atoms with van der Waals surface area (Å²) >= 11 is 0. The molecule has 1 unspecified atom stereocenters. The summed E-state index contributed by atoms with van der Waals surface area (Å²) in [5.41, 5.74) is 2.39. The van der Waals surface area contributed by atoms with E-state index in [-0.39, 0.29) is 11.9 Å². The van der Waals surface area contributed by atoms with Gasteiger partial charge in [0.1, 0.15) is 12.7 Å². The third-order valence-corrected chi connectivity index (χ3v) is 6.40. The van der Waals surface area contributed by atoms with Gasteiger partial charge < -0.3 is 15.1 Å². The second-order valence-corrected chi connectivity index (χ2v) is 8.55. The van der Waals surface area contributed by atoms with Crippen molar-refractivity contribution in [2.75, 3.05) is 46.3 Å². The van der Waals surface area contributed by atoms with Crippen molar-refractivity contribution < 1.29 is 4.79 Å². The molecular formula is C23H34N8O. The van der Waals surface area contributed by atoms with Crippen molar-refractivity contribution in [2.24, 2.45) is 4.99 Å². The smallest absolute Gasteiger partial charge is 0.239 e. The molecule has 2 aromatic rings. The fraction of sp³-hybridized carbons (Fsp3) is 0.565. The largest absolute Gasteiger partial charge is 0.352 e. The second kappa shape index (κ2) is 10.6. The van der Waals surface area contributed by atoms with Crippen LogP contribution in [0.2, 0.25) is 0 Å². The van der Waals surface area contributed by atoms with Gasteiger partial charge in [0.2, 0.25) is 5.91 Å². The lowest BCUT2D eigenvalue weighted by Gasteiger charge is -2.39. The van der Waals surface area contributed by atoms with Crippen LogP contribution in [0.3, 0.4) is 0 Å². The lowest BCUT2D eigenvalue weighted by molar-refractivity contribution is -0.135. The molecule has 1 aromatic carbocycles. The van der Waals surface area contributed by atoms with Crippen LogP contribution in [-0.4, -0.2) is 93.7 Å². The zero-order valence-electron chi connectivity index (χ0n) is 19.2. The number of hydrogen-bond donors (Lipinski definition) is 1. The Kier molecular flexibility index (Phi) is 7.36. The maximum Gasteiger partial charge on any atom is 0.239 e. The second-order valence-electron chi connectivity index (χ2n) is 8.55. The Balaban J connectivity index is 1.26. The summed E-state index contributed by atoms with van der Waals surface area (Å²) in [6.45, 7) is 8.77. The van der Waals surface area contributed by atoms with Gasteiger partial charge in [-0.05, 0) is 30.9 Å². The fourth-order valence-electron chi connectivity index (χ4n) is 4.53. The predicted molar refractivity (Wildman–Crippen MR) is 124 cm³/mol. The van der Waals surface area contributed by atoms with Crippen LogP contribution >= 0.6 is 0 Å². The van der Waals surface area contributed by atoms with E-state index in [1.807, 2.05) is 16.6 Å². The van der Waals surface area contributed by atoms with Crippen molar-refractivity contribution in [3.05, 3.63) is 48.0 Å². The first-order valence-electron chi connectivity index (χ1n) is 11.5. The molecule has 2 saturated heterocycles. The van der Waals surface area contributed by atoms with Gasteiger partial charge in [0.15, 0.2) is 5.96 Å². The molecule has 0 saturated carbocycles. The Bertz CT molecular complexity index is 898. The molecule has 1 amide bonds. The minimum Gasteiger partial charge on any atom is -0.352 e. The molecular weight excluding hydrogens is 404 g/mol. The van der Waals surface area contributed by atoms with E-state index in [9.17, 15) is 4.79 Å². The van der Waals surface area contributed by atoms with Crippen LogP contribution in [0.1, 0.15) is 30.9 Å². The number of aliphatic imine (C=N–C) groups is 1. The van der Waals surface area contributed by atoms with Crippen LogP contribution in [0.5, 0.6) is 0 Å². The molecule has 4 rings (SSSR count). The van der Waals surface area contributed by atoms with Crippen molar-refractivity contribution >= 4 is 11.9 Å². The maximum atomic E-state index is 12.7. The molecule has 1 atom stereocenters. The molecule has 9 heteroatoms. The highest BCUT2D eigenvalue weighted by atomic mass is 16.2. The van der Waals surface area contributed by atoms with E-state index in [4.69, 9.17) is 0 Å². The van der Waals surface area contributed by atoms with Gasteiger partial charge in [0.25, 0.3) is 0 Å². The summed E-state index contributed by atoms with van der Waals surface area (Å²) in [6, 6.07) is 8.44. The molecule has 32 heavy (non-hydrogen) atoms. The van der Waals surface area contributed by atoms with Crippen molar-refractivity contribution in [3.63, 3.8) is 0 Å². The number of carbonyl (C=O) groups excluding carboxylic acids is 1. The molecule has 172 valence electrons. The Labute approximate surface area is 190 Å². The first-order chi connectivity index (χ1) is 15.6. The molecule has 0 spiro atoms. The minimum absolute atomic E-state index is 0.0436. The van der Waals surface area contributed by atoms with Gasteiger partial charge in [0, 0.05) is 52.9 Å². The molecule has 9 nitrogen and oxygen atoms in total. The van der Waals surface area contributed by atoms with Gasteiger partial charge in [-0.15, -0.1) is 0 Å². The number of piperazine rings is 1. The van der Waals surface area contributed by atoms with E-state index in [1.54, 1.807) is 12.7 Å². The third-order valence-electron chi connectivity index (χ3n) is 6.40. The number of aromatic nitrogens is 3. The zero-order chi connectivity index (χ0) is 22.3. The molecule has 0 aliphatic carbocycles. The Morgan fingerprint density at radius 3 is 2.53 bits per heavy atom. The normalized spacial score (nSPS) is 18.8. The van der Waals surface area contributed by atoms with Crippen LogP contribution in [0.25, 0.3) is 0 Å². The molecule has 2 fully saturated rings. The standard InChI is InChI=1S/C23H34N8O/c1-19(22(32)29-8-3-4-9-29)28-10-12-30(13-11-28)23(24-2)26-15-20-6-5-7-21(14-20)16-31-18-25-17-27-31/h5-7,14,17-19H,3-4,8-13,15-16H2,1-2H3,(H,24,26). The number of carbonyl (C=O) groups is 1. The quantitative estimate of drug-likeness (QED) is 0.536. The maximum absolute atomic E-state index is 12.7. The van der Waals surface area contributed by atoms with E-state index >= 15 is 0 Å². The summed E-state index contributed by atoms with van der Waals surface area (Å²) in [6.07, 6.45) is 5.55. The van der Waals surface area contributed by atoms with Crippen LogP contribution in [0.15, 0.2) is 41.9 Å². The van der Waals surface area contributed by atoms with Gasteiger partial charge in [-0.25, -0.2) is 9.67 Å². The first kappa shape index (κ1) is 22.3. The number of rotatable bonds is 6. The van der Waals surface area contributed by atoms with E-state index in [2.05, 4.69) is 61.4 Å². The van der Waals surface area contributed by atoms with E-state index < -0.39 is 0 Å². The number of likely N-dealkylation sites (tertiary alicyclic amines) is 1. The summed E-state index contributed by atoms with van der Waals surface area (Å²) in [5.74, 6) is 1.19. The van der Waals surface area contributed by atoms with Crippen LogP contribution in [-0.2, 0) is 17.9 Å². The van der Waals surface area contributed by atoms with Crippen molar-refractivity contribution in [2.45, 2.75) is 38.9 Å². The highest BCUT2D eigenvalue weighted by Crippen LogP contribution is 2.14. The van der Waals surface area contributed by atoms with Gasteiger partial charge >= 0.3 is 0 Å². The summed E-state index contributed by atoms with van der Waals surface area (Å²) in [7, 11) is 1.83. The Morgan fingerprint density at radius 2 is 1.84 bits per heavy atom. The molecule has 3 heterocycles. The first-order valence-corrected chi connectivity index (χ1v) is 11.5. The molecule has 2 aliphatic heterocycles. The van der Waals surface area contributed by atoms with Crippen LogP contribution in [0, 0.1) is 0 Å². The predicted octanol–water partition coefficient (Wildman–Crippen LogP) is 1.03. The molecule has 0 radical (unpaired) electrons. The molecule has 1 aromatic heterocycles. The summed E-state index contributed by atoms with van der Waals surface area (Å²) < 4.78 is 1.82. The molecule has 1 N–H and O–H groups in total. The third kappa shape index (κ3) is 5.45. The van der Waals surface area contributed by atoms with Crippen LogP contribution < -0.4 is 5.32 Å². The zero-order valence-corrected chi connectivity index (χ0v) is 19.2. The average Bonchev–Trinajstić information content (AvgIpc) is 3.54. The number of benzene rings is 1. The summed E-state index contributed by atoms with van der Waals surface area (Å²) in [5, 5.41) is 7.68. The van der Waals surface area contributed by atoms with Gasteiger partial charge in [-0.2, -0.15) is 5.10 Å². The van der Waals surface area contributed by atoms with E-state index in [0.29, 0.717) is 13.1 Å². The van der Waals surface area contributed by atoms with E-state index in [0.717, 1.165) is 58.1 Å². The number of hydrogen-bond acceptors (Lipinski definition) is 5. The number of nitrogens with one attached hydrogen (secondary N) is 1. The van der Waals surface area contributed by atoms with Crippen molar-refractivity contribution in [1.29, 1.82) is 0 Å².